The van der Waals surface area contributed by atoms with Crippen LogP contribution in [0.15, 0.2) is 58.3 Å². The van der Waals surface area contributed by atoms with E-state index in [-0.39, 0.29) is 0 Å². The van der Waals surface area contributed by atoms with Crippen molar-refractivity contribution in [1.82, 2.24) is 0 Å². The van der Waals surface area contributed by atoms with Crippen molar-refractivity contribution in [1.29, 1.82) is 0 Å². The second-order valence-electron chi connectivity index (χ2n) is 4.42. The Bertz CT molecular complexity index is 658. The van der Waals surface area contributed by atoms with Crippen LogP contribution in [0.2, 0.25) is 0 Å². The normalized spacial score (nSPS) is 11.5. The molecule has 2 aromatic carbocycles. The van der Waals surface area contributed by atoms with Gasteiger partial charge in [0.15, 0.2) is 0 Å². The molecular weight excluding hydrogens is 256 g/mol. The second kappa shape index (κ2) is 5.57. The third-order valence-electron chi connectivity index (χ3n) is 3.31. The quantitative estimate of drug-likeness (QED) is 0.853. The van der Waals surface area contributed by atoms with Crippen molar-refractivity contribution in [3.8, 4) is 0 Å². The highest BCUT2D eigenvalue weighted by Gasteiger charge is 2.21. The Hall–Kier alpha value is -1.61. The maximum absolute atomic E-state index is 12.7. The first-order chi connectivity index (χ1) is 9.11. The molecule has 0 N–H and O–H groups in total. The molecule has 100 valence electrons. The molecule has 0 bridgehead atoms. The molecule has 2 rings (SSSR count). The standard InChI is InChI=1S/C16H18O2S/c1-3-13-9-8-12-16(15(13)4-2)19(17,18)14-10-6-5-7-11-14/h5-12H,3-4H2,1-2H3. The van der Waals surface area contributed by atoms with Gasteiger partial charge in [-0.05, 0) is 42.2 Å². The lowest BCUT2D eigenvalue weighted by Crippen LogP contribution is -2.07. The summed E-state index contributed by atoms with van der Waals surface area (Å²) in [5.41, 5.74) is 2.05. The molecule has 0 aliphatic carbocycles. The minimum absolute atomic E-state index is 0.359. The molecule has 0 amide bonds. The fourth-order valence-electron chi connectivity index (χ4n) is 2.32. The van der Waals surface area contributed by atoms with E-state index in [1.165, 1.54) is 0 Å². The predicted molar refractivity (Wildman–Crippen MR) is 77.1 cm³/mol. The van der Waals surface area contributed by atoms with Crippen LogP contribution >= 0.6 is 0 Å². The third-order valence-corrected chi connectivity index (χ3v) is 5.16. The first-order valence-corrected chi connectivity index (χ1v) is 8.00. The predicted octanol–water partition coefficient (Wildman–Crippen LogP) is 3.64. The molecule has 0 atom stereocenters. The molecule has 0 fully saturated rings. The van der Waals surface area contributed by atoms with Crippen molar-refractivity contribution in [2.45, 2.75) is 36.5 Å². The van der Waals surface area contributed by atoms with E-state index in [9.17, 15) is 8.42 Å². The van der Waals surface area contributed by atoms with Gasteiger partial charge in [0.25, 0.3) is 0 Å². The van der Waals surface area contributed by atoms with Crippen LogP contribution < -0.4 is 0 Å². The van der Waals surface area contributed by atoms with Crippen molar-refractivity contribution in [3.63, 3.8) is 0 Å². The zero-order chi connectivity index (χ0) is 13.9. The molecule has 0 saturated carbocycles. The lowest BCUT2D eigenvalue weighted by molar-refractivity contribution is 0.594. The van der Waals surface area contributed by atoms with Crippen LogP contribution in [0.3, 0.4) is 0 Å². The van der Waals surface area contributed by atoms with Gasteiger partial charge < -0.3 is 0 Å². The Kier molecular flexibility index (Phi) is 4.05. The van der Waals surface area contributed by atoms with Crippen molar-refractivity contribution in [3.05, 3.63) is 59.7 Å². The summed E-state index contributed by atoms with van der Waals surface area (Å²) in [6, 6.07) is 14.2. The van der Waals surface area contributed by atoms with E-state index in [0.29, 0.717) is 9.79 Å². The second-order valence-corrected chi connectivity index (χ2v) is 6.34. The SMILES string of the molecule is CCc1cccc(S(=O)(=O)c2ccccc2)c1CC. The Labute approximate surface area is 115 Å². The molecule has 2 nitrogen and oxygen atoms in total. The fourth-order valence-corrected chi connectivity index (χ4v) is 3.95. The van der Waals surface area contributed by atoms with Gasteiger partial charge in [-0.25, -0.2) is 8.42 Å². The van der Waals surface area contributed by atoms with Crippen molar-refractivity contribution in [2.24, 2.45) is 0 Å². The smallest absolute Gasteiger partial charge is 0.206 e. The highest BCUT2D eigenvalue weighted by atomic mass is 32.2. The molecule has 3 heteroatoms. The van der Waals surface area contributed by atoms with Crippen LogP contribution in [0, 0.1) is 0 Å². The Morgan fingerprint density at radius 1 is 0.842 bits per heavy atom. The van der Waals surface area contributed by atoms with Gasteiger partial charge in [-0.1, -0.05) is 44.2 Å². The first-order valence-electron chi connectivity index (χ1n) is 6.52. The van der Waals surface area contributed by atoms with Crippen LogP contribution in [0.4, 0.5) is 0 Å². The van der Waals surface area contributed by atoms with Crippen LogP contribution in [0.1, 0.15) is 25.0 Å². The van der Waals surface area contributed by atoms with Crippen LogP contribution in [0.5, 0.6) is 0 Å². The Morgan fingerprint density at radius 2 is 1.53 bits per heavy atom. The van der Waals surface area contributed by atoms with E-state index >= 15 is 0 Å². The molecule has 0 aromatic heterocycles. The molecule has 0 aliphatic heterocycles. The van der Waals surface area contributed by atoms with E-state index in [2.05, 4.69) is 0 Å². The van der Waals surface area contributed by atoms with Crippen LogP contribution in [0.25, 0.3) is 0 Å². The number of sulfone groups is 1. The Morgan fingerprint density at radius 3 is 2.11 bits per heavy atom. The first kappa shape index (κ1) is 13.8. The van der Waals surface area contributed by atoms with E-state index in [1.807, 2.05) is 32.0 Å². The van der Waals surface area contributed by atoms with Gasteiger partial charge in [0, 0.05) is 0 Å². The summed E-state index contributed by atoms with van der Waals surface area (Å²) in [4.78, 5) is 0.804. The number of hydrogen-bond donors (Lipinski definition) is 0. The maximum atomic E-state index is 12.7. The minimum atomic E-state index is -3.41. The monoisotopic (exact) mass is 274 g/mol. The van der Waals surface area contributed by atoms with Gasteiger partial charge in [-0.15, -0.1) is 0 Å². The van der Waals surface area contributed by atoms with E-state index in [4.69, 9.17) is 0 Å². The molecular formula is C16H18O2S. The van der Waals surface area contributed by atoms with Gasteiger partial charge in [0.2, 0.25) is 9.84 Å². The lowest BCUT2D eigenvalue weighted by Gasteiger charge is -2.13. The topological polar surface area (TPSA) is 34.1 Å². The highest BCUT2D eigenvalue weighted by molar-refractivity contribution is 7.91. The molecule has 0 aliphatic rings. The number of benzene rings is 2. The van der Waals surface area contributed by atoms with E-state index < -0.39 is 9.84 Å². The summed E-state index contributed by atoms with van der Waals surface area (Å²) >= 11 is 0. The molecule has 0 saturated heterocycles. The average Bonchev–Trinajstić information content (AvgIpc) is 2.47. The summed E-state index contributed by atoms with van der Waals surface area (Å²) in [6.45, 7) is 4.05. The highest BCUT2D eigenvalue weighted by Crippen LogP contribution is 2.26. The van der Waals surface area contributed by atoms with Crippen LogP contribution in [-0.2, 0) is 22.7 Å². The van der Waals surface area contributed by atoms with Crippen LogP contribution in [-0.4, -0.2) is 8.42 Å². The third kappa shape index (κ3) is 2.56. The minimum Gasteiger partial charge on any atom is -0.219 e. The Balaban J connectivity index is 2.65. The average molecular weight is 274 g/mol. The van der Waals surface area contributed by atoms with E-state index in [1.54, 1.807) is 30.3 Å². The van der Waals surface area contributed by atoms with Gasteiger partial charge in [0.1, 0.15) is 0 Å². The fraction of sp³-hybridized carbons (Fsp3) is 0.250. The van der Waals surface area contributed by atoms with Crippen molar-refractivity contribution < 1.29 is 8.42 Å². The van der Waals surface area contributed by atoms with Gasteiger partial charge in [-0.3, -0.25) is 0 Å². The summed E-state index contributed by atoms with van der Waals surface area (Å²) in [7, 11) is -3.41. The lowest BCUT2D eigenvalue weighted by atomic mass is 10.0. The maximum Gasteiger partial charge on any atom is 0.206 e. The molecule has 0 unspecified atom stereocenters. The number of aryl methyl sites for hydroxylation is 1. The van der Waals surface area contributed by atoms with Gasteiger partial charge in [0.05, 0.1) is 9.79 Å². The summed E-state index contributed by atoms with van der Waals surface area (Å²) in [5, 5.41) is 0. The molecule has 0 heterocycles. The zero-order valence-electron chi connectivity index (χ0n) is 11.3. The number of rotatable bonds is 4. The number of hydrogen-bond acceptors (Lipinski definition) is 2. The summed E-state index contributed by atoms with van der Waals surface area (Å²) < 4.78 is 25.4. The summed E-state index contributed by atoms with van der Waals surface area (Å²) in [5.74, 6) is 0. The molecule has 2 aromatic rings. The van der Waals surface area contributed by atoms with Gasteiger partial charge >= 0.3 is 0 Å². The summed E-state index contributed by atoms with van der Waals surface area (Å²) in [6.07, 6.45) is 1.58. The molecule has 0 radical (unpaired) electrons. The zero-order valence-corrected chi connectivity index (χ0v) is 12.1. The van der Waals surface area contributed by atoms with Crippen molar-refractivity contribution in [2.75, 3.05) is 0 Å². The largest absolute Gasteiger partial charge is 0.219 e. The van der Waals surface area contributed by atoms with E-state index in [0.717, 1.165) is 24.0 Å². The molecule has 19 heavy (non-hydrogen) atoms. The van der Waals surface area contributed by atoms with Crippen molar-refractivity contribution >= 4 is 9.84 Å². The molecule has 0 spiro atoms. The van der Waals surface area contributed by atoms with Gasteiger partial charge in [-0.2, -0.15) is 0 Å².